The van der Waals surface area contributed by atoms with Crippen molar-refractivity contribution in [2.75, 3.05) is 26.1 Å². The van der Waals surface area contributed by atoms with E-state index < -0.39 is 0 Å². The highest BCUT2D eigenvalue weighted by Crippen LogP contribution is 2.38. The highest BCUT2D eigenvalue weighted by atomic mass is 32.1. The van der Waals surface area contributed by atoms with Crippen molar-refractivity contribution >= 4 is 22.5 Å². The third kappa shape index (κ3) is 5.50. The molecule has 0 aliphatic heterocycles. The van der Waals surface area contributed by atoms with E-state index in [0.717, 1.165) is 23.4 Å². The average molecular weight is 421 g/mol. The summed E-state index contributed by atoms with van der Waals surface area (Å²) < 4.78 is 16.4. The number of hydrogen-bond acceptors (Lipinski definition) is 7. The van der Waals surface area contributed by atoms with Gasteiger partial charge in [0.1, 0.15) is 5.01 Å². The van der Waals surface area contributed by atoms with Gasteiger partial charge >= 0.3 is 6.03 Å². The molecule has 0 saturated heterocycles. The van der Waals surface area contributed by atoms with Gasteiger partial charge in [-0.1, -0.05) is 30.6 Å². The van der Waals surface area contributed by atoms with Crippen LogP contribution >= 0.6 is 11.3 Å². The van der Waals surface area contributed by atoms with E-state index in [-0.39, 0.29) is 6.03 Å². The van der Waals surface area contributed by atoms with E-state index in [2.05, 4.69) is 20.8 Å². The van der Waals surface area contributed by atoms with E-state index >= 15 is 0 Å². The van der Waals surface area contributed by atoms with Crippen molar-refractivity contribution in [1.82, 2.24) is 15.5 Å². The van der Waals surface area contributed by atoms with Gasteiger partial charge in [0, 0.05) is 12.5 Å². The zero-order valence-electron chi connectivity index (χ0n) is 17.1. The van der Waals surface area contributed by atoms with Gasteiger partial charge in [0.15, 0.2) is 11.5 Å². The van der Waals surface area contributed by atoms with Crippen LogP contribution in [0.4, 0.5) is 9.93 Å². The fourth-order valence-electron chi connectivity index (χ4n) is 3.45. The van der Waals surface area contributed by atoms with Gasteiger partial charge in [0.25, 0.3) is 0 Å². The molecule has 8 nitrogen and oxygen atoms in total. The smallest absolute Gasteiger partial charge is 0.321 e. The van der Waals surface area contributed by atoms with Crippen LogP contribution in [-0.2, 0) is 6.54 Å². The fourth-order valence-corrected chi connectivity index (χ4v) is 4.35. The molecule has 1 aromatic carbocycles. The number of carbonyl (C=O) groups excluding carboxylic acids is 1. The number of urea groups is 1. The molecule has 2 amide bonds. The molecule has 2 N–H and O–H groups in total. The largest absolute Gasteiger partial charge is 0.493 e. The monoisotopic (exact) mass is 420 g/mol. The topological polar surface area (TPSA) is 94.6 Å². The van der Waals surface area contributed by atoms with Crippen molar-refractivity contribution in [3.63, 3.8) is 0 Å². The minimum Gasteiger partial charge on any atom is -0.493 e. The Morgan fingerprint density at radius 3 is 2.45 bits per heavy atom. The summed E-state index contributed by atoms with van der Waals surface area (Å²) in [7, 11) is 3.14. The molecular weight excluding hydrogens is 392 g/mol. The lowest BCUT2D eigenvalue weighted by atomic mass is 9.90. The number of carbonyl (C=O) groups is 1. The van der Waals surface area contributed by atoms with Crippen molar-refractivity contribution in [3.8, 4) is 17.2 Å². The Hall–Kier alpha value is -2.55. The second-order valence-corrected chi connectivity index (χ2v) is 7.86. The lowest BCUT2D eigenvalue weighted by molar-refractivity contribution is 0.251. The Kier molecular flexibility index (Phi) is 7.51. The summed E-state index contributed by atoms with van der Waals surface area (Å²) in [6.07, 6.45) is 6.08. The number of ether oxygens (including phenoxy) is 3. The van der Waals surface area contributed by atoms with Crippen LogP contribution in [0, 0.1) is 0 Å². The first-order valence-electron chi connectivity index (χ1n) is 9.90. The van der Waals surface area contributed by atoms with E-state index in [1.165, 1.54) is 30.6 Å². The number of rotatable bonds is 8. The maximum absolute atomic E-state index is 12.3. The van der Waals surface area contributed by atoms with E-state index in [1.807, 2.05) is 19.1 Å². The number of aromatic nitrogens is 2. The Morgan fingerprint density at radius 2 is 1.83 bits per heavy atom. The number of nitrogens with zero attached hydrogens (tertiary/aromatic N) is 2. The van der Waals surface area contributed by atoms with Crippen LogP contribution in [0.15, 0.2) is 12.1 Å². The number of hydrogen-bond donors (Lipinski definition) is 2. The van der Waals surface area contributed by atoms with Gasteiger partial charge in [-0.25, -0.2) is 4.79 Å². The van der Waals surface area contributed by atoms with Crippen molar-refractivity contribution in [3.05, 3.63) is 22.7 Å². The maximum atomic E-state index is 12.3. The van der Waals surface area contributed by atoms with Gasteiger partial charge in [-0.2, -0.15) is 0 Å². The lowest BCUT2D eigenvalue weighted by Gasteiger charge is -2.18. The second kappa shape index (κ2) is 10.3. The number of amides is 2. The van der Waals surface area contributed by atoms with Crippen LogP contribution in [0.2, 0.25) is 0 Å². The summed E-state index contributed by atoms with van der Waals surface area (Å²) in [5.41, 5.74) is 0.831. The molecule has 1 heterocycles. The van der Waals surface area contributed by atoms with Crippen molar-refractivity contribution in [1.29, 1.82) is 0 Å². The van der Waals surface area contributed by atoms with Crippen molar-refractivity contribution in [2.45, 2.75) is 51.5 Å². The third-order valence-corrected chi connectivity index (χ3v) is 5.88. The number of anilines is 1. The summed E-state index contributed by atoms with van der Waals surface area (Å²) >= 11 is 1.46. The summed E-state index contributed by atoms with van der Waals surface area (Å²) in [5.74, 6) is 2.15. The minimum atomic E-state index is -0.330. The lowest BCUT2D eigenvalue weighted by Crippen LogP contribution is -2.28. The van der Waals surface area contributed by atoms with Crippen molar-refractivity contribution < 1.29 is 19.0 Å². The van der Waals surface area contributed by atoms with Gasteiger partial charge in [-0.3, -0.25) is 5.32 Å². The zero-order valence-corrected chi connectivity index (χ0v) is 17.9. The second-order valence-electron chi connectivity index (χ2n) is 6.85. The molecule has 0 unspecified atom stereocenters. The summed E-state index contributed by atoms with van der Waals surface area (Å²) in [4.78, 5) is 12.3. The Labute approximate surface area is 175 Å². The number of benzene rings is 1. The molecule has 0 spiro atoms. The first-order chi connectivity index (χ1) is 14.1. The SMILES string of the molecule is CCOc1c(OC)cc(CNC(=O)Nc2nnc(C3CCCCC3)s2)cc1OC. The van der Waals surface area contributed by atoms with E-state index in [4.69, 9.17) is 14.2 Å². The molecule has 0 bridgehead atoms. The Bertz CT molecular complexity index is 796. The first kappa shape index (κ1) is 21.2. The van der Waals surface area contributed by atoms with Crippen LogP contribution in [0.5, 0.6) is 17.2 Å². The molecule has 1 aliphatic rings. The van der Waals surface area contributed by atoms with Gasteiger partial charge in [0.2, 0.25) is 10.9 Å². The molecule has 29 heavy (non-hydrogen) atoms. The van der Waals surface area contributed by atoms with Crippen LogP contribution in [0.25, 0.3) is 0 Å². The zero-order chi connectivity index (χ0) is 20.6. The predicted molar refractivity (Wildman–Crippen MR) is 112 cm³/mol. The molecule has 1 aromatic heterocycles. The quantitative estimate of drug-likeness (QED) is 0.660. The first-order valence-corrected chi connectivity index (χ1v) is 10.7. The molecule has 0 radical (unpaired) electrons. The third-order valence-electron chi connectivity index (χ3n) is 4.88. The van der Waals surface area contributed by atoms with Gasteiger partial charge in [-0.05, 0) is 37.5 Å². The van der Waals surface area contributed by atoms with Gasteiger partial charge < -0.3 is 19.5 Å². The standard InChI is InChI=1S/C20H28N4O4S/c1-4-28-17-15(26-2)10-13(11-16(17)27-3)12-21-19(25)22-20-24-23-18(29-20)14-8-6-5-7-9-14/h10-11,14H,4-9,12H2,1-3H3,(H2,21,22,24,25). The van der Waals surface area contributed by atoms with Crippen LogP contribution in [0.1, 0.15) is 55.5 Å². The normalized spacial score (nSPS) is 14.3. The van der Waals surface area contributed by atoms with Crippen molar-refractivity contribution in [2.24, 2.45) is 0 Å². The van der Waals surface area contributed by atoms with E-state index in [1.54, 1.807) is 14.2 Å². The Balaban J connectivity index is 1.58. The molecular formula is C20H28N4O4S. The molecule has 1 aliphatic carbocycles. The molecule has 3 rings (SSSR count). The van der Waals surface area contributed by atoms with E-state index in [0.29, 0.717) is 41.4 Å². The van der Waals surface area contributed by atoms with E-state index in [9.17, 15) is 4.79 Å². The highest BCUT2D eigenvalue weighted by Gasteiger charge is 2.20. The predicted octanol–water partition coefficient (Wildman–Crippen LogP) is 4.32. The summed E-state index contributed by atoms with van der Waals surface area (Å²) in [6, 6.07) is 3.31. The average Bonchev–Trinajstić information content (AvgIpc) is 3.22. The molecule has 9 heteroatoms. The Morgan fingerprint density at radius 1 is 1.14 bits per heavy atom. The molecule has 158 valence electrons. The fraction of sp³-hybridized carbons (Fsp3) is 0.550. The minimum absolute atomic E-state index is 0.305. The van der Waals surface area contributed by atoms with Gasteiger partial charge in [-0.15, -0.1) is 10.2 Å². The molecule has 0 atom stereocenters. The number of methoxy groups -OCH3 is 2. The van der Waals surface area contributed by atoms with Gasteiger partial charge in [0.05, 0.1) is 20.8 Å². The molecule has 1 saturated carbocycles. The summed E-state index contributed by atoms with van der Waals surface area (Å²) in [6.45, 7) is 2.70. The number of nitrogens with one attached hydrogen (secondary N) is 2. The van der Waals surface area contributed by atoms with Crippen LogP contribution in [0.3, 0.4) is 0 Å². The highest BCUT2D eigenvalue weighted by molar-refractivity contribution is 7.15. The molecule has 2 aromatic rings. The summed E-state index contributed by atoms with van der Waals surface area (Å²) in [5, 5.41) is 15.5. The van der Waals surface area contributed by atoms with Crippen LogP contribution in [-0.4, -0.2) is 37.1 Å². The maximum Gasteiger partial charge on any atom is 0.321 e. The molecule has 1 fully saturated rings. The van der Waals surface area contributed by atoms with Crippen LogP contribution < -0.4 is 24.8 Å².